The van der Waals surface area contributed by atoms with Gasteiger partial charge in [0.25, 0.3) is 5.91 Å². The fourth-order valence-electron chi connectivity index (χ4n) is 3.51. The molecule has 0 saturated carbocycles. The molecule has 8 heteroatoms. The number of aryl methyl sites for hydroxylation is 3. The number of hydrogen-bond acceptors (Lipinski definition) is 5. The summed E-state index contributed by atoms with van der Waals surface area (Å²) in [6, 6.07) is 10.7. The maximum Gasteiger partial charge on any atom is 0.408 e. The van der Waals surface area contributed by atoms with Crippen LogP contribution in [0.1, 0.15) is 49.1 Å². The molecule has 0 bridgehead atoms. The first-order valence-electron chi connectivity index (χ1n) is 11.1. The average Bonchev–Trinajstić information content (AvgIpc) is 2.74. The number of carbonyl (C=O) groups excluding carboxylic acids is 3. The normalized spacial score (nSPS) is 12.9. The van der Waals surface area contributed by atoms with Gasteiger partial charge in [0, 0.05) is 12.7 Å². The highest BCUT2D eigenvalue weighted by molar-refractivity contribution is 5.99. The van der Waals surface area contributed by atoms with E-state index < -0.39 is 42.2 Å². The molecule has 3 amide bonds. The van der Waals surface area contributed by atoms with Crippen molar-refractivity contribution in [3.05, 3.63) is 64.7 Å². The van der Waals surface area contributed by atoms with Gasteiger partial charge in [-0.25, -0.2) is 4.79 Å². The molecule has 0 spiro atoms. The molecule has 2 aromatic rings. The van der Waals surface area contributed by atoms with E-state index in [2.05, 4.69) is 10.6 Å². The summed E-state index contributed by atoms with van der Waals surface area (Å²) in [5, 5.41) is 15.2. The molecule has 34 heavy (non-hydrogen) atoms. The van der Waals surface area contributed by atoms with Crippen molar-refractivity contribution in [2.24, 2.45) is 0 Å². The van der Waals surface area contributed by atoms with Crippen molar-refractivity contribution in [1.29, 1.82) is 0 Å². The number of aliphatic hydroxyl groups is 1. The van der Waals surface area contributed by atoms with E-state index >= 15 is 0 Å². The van der Waals surface area contributed by atoms with E-state index in [1.165, 1.54) is 11.9 Å². The SMILES string of the molecule is Cc1ccc(C(C(=O)Nc2c(C)cccc2C)N(C)C(=O)C(CO)NC(=O)OC(C)(C)C)cc1. The highest BCUT2D eigenvalue weighted by Gasteiger charge is 2.34. The number of para-hydroxylation sites is 1. The second-order valence-electron chi connectivity index (χ2n) is 9.40. The van der Waals surface area contributed by atoms with E-state index in [-0.39, 0.29) is 0 Å². The molecule has 2 unspecified atom stereocenters. The molecular weight excluding hydrogens is 434 g/mol. The number of amides is 3. The van der Waals surface area contributed by atoms with E-state index in [1.54, 1.807) is 32.9 Å². The fraction of sp³-hybridized carbons (Fsp3) is 0.423. The number of nitrogens with one attached hydrogen (secondary N) is 2. The first kappa shape index (κ1) is 26.9. The van der Waals surface area contributed by atoms with Crippen molar-refractivity contribution in [1.82, 2.24) is 10.2 Å². The number of likely N-dealkylation sites (N-methyl/N-ethyl adjacent to an activating group) is 1. The molecule has 0 aliphatic carbocycles. The Labute approximate surface area is 201 Å². The first-order valence-corrected chi connectivity index (χ1v) is 11.1. The molecule has 0 aliphatic heterocycles. The van der Waals surface area contributed by atoms with Gasteiger partial charge in [0.15, 0.2) is 0 Å². The highest BCUT2D eigenvalue weighted by atomic mass is 16.6. The summed E-state index contributed by atoms with van der Waals surface area (Å²) < 4.78 is 5.20. The van der Waals surface area contributed by atoms with Crippen LogP contribution in [0.25, 0.3) is 0 Å². The minimum Gasteiger partial charge on any atom is -0.444 e. The number of ether oxygens (including phenoxy) is 1. The van der Waals surface area contributed by atoms with Crippen LogP contribution in [0, 0.1) is 20.8 Å². The number of rotatable bonds is 7. The zero-order valence-corrected chi connectivity index (χ0v) is 20.9. The third-order valence-corrected chi connectivity index (χ3v) is 5.28. The Bertz CT molecular complexity index is 1010. The van der Waals surface area contributed by atoms with Gasteiger partial charge in [-0.3, -0.25) is 9.59 Å². The number of benzene rings is 2. The number of nitrogens with zero attached hydrogens (tertiary/aromatic N) is 1. The number of carbonyl (C=O) groups is 3. The molecule has 2 rings (SSSR count). The van der Waals surface area contributed by atoms with E-state index in [9.17, 15) is 19.5 Å². The Morgan fingerprint density at radius 1 is 1.00 bits per heavy atom. The molecule has 0 radical (unpaired) electrons. The standard InChI is InChI=1S/C26H35N3O5/c1-16-11-13-19(14-12-16)22(23(31)28-21-17(2)9-8-10-18(21)3)29(7)24(32)20(15-30)27-25(33)34-26(4,5)6/h8-14,20,22,30H,15H2,1-7H3,(H,27,33)(H,28,31). The summed E-state index contributed by atoms with van der Waals surface area (Å²) in [5.41, 5.74) is 3.30. The van der Waals surface area contributed by atoms with Crippen LogP contribution in [0.5, 0.6) is 0 Å². The Kier molecular flexibility index (Phi) is 8.81. The molecule has 0 saturated heterocycles. The fourth-order valence-corrected chi connectivity index (χ4v) is 3.51. The van der Waals surface area contributed by atoms with Crippen molar-refractivity contribution in [2.45, 2.75) is 59.2 Å². The lowest BCUT2D eigenvalue weighted by Crippen LogP contribution is -2.52. The molecule has 0 aliphatic rings. The summed E-state index contributed by atoms with van der Waals surface area (Å²) in [6.07, 6.45) is -0.833. The highest BCUT2D eigenvalue weighted by Crippen LogP contribution is 2.26. The molecule has 0 aromatic heterocycles. The predicted molar refractivity (Wildman–Crippen MR) is 131 cm³/mol. The van der Waals surface area contributed by atoms with E-state index in [0.717, 1.165) is 16.7 Å². The molecule has 184 valence electrons. The van der Waals surface area contributed by atoms with Crippen LogP contribution < -0.4 is 10.6 Å². The number of hydrogen-bond donors (Lipinski definition) is 3. The van der Waals surface area contributed by atoms with Crippen molar-refractivity contribution in [2.75, 3.05) is 19.0 Å². The summed E-state index contributed by atoms with van der Waals surface area (Å²) >= 11 is 0. The lowest BCUT2D eigenvalue weighted by Gasteiger charge is -2.31. The summed E-state index contributed by atoms with van der Waals surface area (Å²) in [7, 11) is 1.47. The number of alkyl carbamates (subject to hydrolysis) is 1. The van der Waals surface area contributed by atoms with Crippen molar-refractivity contribution in [3.8, 4) is 0 Å². The minimum absolute atomic E-state index is 0.411. The molecule has 0 heterocycles. The molecule has 3 N–H and O–H groups in total. The Morgan fingerprint density at radius 2 is 1.56 bits per heavy atom. The second-order valence-corrected chi connectivity index (χ2v) is 9.40. The van der Waals surface area contributed by atoms with Crippen LogP contribution in [0.3, 0.4) is 0 Å². The van der Waals surface area contributed by atoms with Gasteiger partial charge in [0.1, 0.15) is 17.7 Å². The third-order valence-electron chi connectivity index (χ3n) is 5.28. The van der Waals surface area contributed by atoms with Gasteiger partial charge in [-0.05, 0) is 58.2 Å². The van der Waals surface area contributed by atoms with Gasteiger partial charge >= 0.3 is 6.09 Å². The zero-order valence-electron chi connectivity index (χ0n) is 20.9. The van der Waals surface area contributed by atoms with Crippen LogP contribution in [0.15, 0.2) is 42.5 Å². The monoisotopic (exact) mass is 469 g/mol. The summed E-state index contributed by atoms with van der Waals surface area (Å²) in [6.45, 7) is 10.1. The largest absolute Gasteiger partial charge is 0.444 e. The van der Waals surface area contributed by atoms with Gasteiger partial charge in [-0.2, -0.15) is 0 Å². The maximum atomic E-state index is 13.5. The van der Waals surface area contributed by atoms with Crippen LogP contribution in [0.2, 0.25) is 0 Å². The number of aliphatic hydroxyl groups excluding tert-OH is 1. The maximum absolute atomic E-state index is 13.5. The van der Waals surface area contributed by atoms with Gasteiger partial charge < -0.3 is 25.4 Å². The molecule has 2 aromatic carbocycles. The first-order chi connectivity index (χ1) is 15.8. The molecular formula is C26H35N3O5. The topological polar surface area (TPSA) is 108 Å². The Morgan fingerprint density at radius 3 is 2.06 bits per heavy atom. The van der Waals surface area contributed by atoms with Crippen molar-refractivity contribution >= 4 is 23.6 Å². The third kappa shape index (κ3) is 7.05. The van der Waals surface area contributed by atoms with Crippen LogP contribution in [-0.2, 0) is 14.3 Å². The summed E-state index contributed by atoms with van der Waals surface area (Å²) in [4.78, 5) is 40.2. The van der Waals surface area contributed by atoms with Crippen LogP contribution in [0.4, 0.5) is 10.5 Å². The second kappa shape index (κ2) is 11.2. The minimum atomic E-state index is -1.28. The van der Waals surface area contributed by atoms with Crippen molar-refractivity contribution in [3.63, 3.8) is 0 Å². The van der Waals surface area contributed by atoms with Crippen LogP contribution in [-0.4, -0.2) is 53.2 Å². The Hall–Kier alpha value is -3.39. The van der Waals surface area contributed by atoms with E-state index in [1.807, 2.05) is 51.1 Å². The lowest BCUT2D eigenvalue weighted by atomic mass is 10.0. The van der Waals surface area contributed by atoms with Gasteiger partial charge in [0.2, 0.25) is 5.91 Å². The Balaban J connectivity index is 2.35. The molecule has 2 atom stereocenters. The zero-order chi connectivity index (χ0) is 25.6. The van der Waals surface area contributed by atoms with Gasteiger partial charge in [0.05, 0.1) is 6.61 Å². The quantitative estimate of drug-likeness (QED) is 0.574. The average molecular weight is 470 g/mol. The smallest absolute Gasteiger partial charge is 0.408 e. The molecule has 0 fully saturated rings. The van der Waals surface area contributed by atoms with E-state index in [4.69, 9.17) is 4.74 Å². The number of anilines is 1. The van der Waals surface area contributed by atoms with Crippen LogP contribution >= 0.6 is 0 Å². The van der Waals surface area contributed by atoms with E-state index in [0.29, 0.717) is 11.3 Å². The lowest BCUT2D eigenvalue weighted by molar-refractivity contribution is -0.139. The predicted octanol–water partition coefficient (Wildman–Crippen LogP) is 3.64. The van der Waals surface area contributed by atoms with Crippen molar-refractivity contribution < 1.29 is 24.2 Å². The molecule has 8 nitrogen and oxygen atoms in total. The van der Waals surface area contributed by atoms with Gasteiger partial charge in [-0.1, -0.05) is 48.0 Å². The van der Waals surface area contributed by atoms with Gasteiger partial charge in [-0.15, -0.1) is 0 Å². The summed E-state index contributed by atoms with van der Waals surface area (Å²) in [5.74, 6) is -1.04.